The van der Waals surface area contributed by atoms with Crippen molar-refractivity contribution in [1.29, 1.82) is 0 Å². The average molecular weight is 297 g/mol. The van der Waals surface area contributed by atoms with Gasteiger partial charge in [-0.15, -0.1) is 0 Å². The lowest BCUT2D eigenvalue weighted by Gasteiger charge is -2.17. The second-order valence-electron chi connectivity index (χ2n) is 5.01. The molecule has 2 heterocycles. The molecule has 0 N–H and O–H groups in total. The Morgan fingerprint density at radius 3 is 2.77 bits per heavy atom. The molecule has 6 heteroatoms. The second-order valence-corrected chi connectivity index (χ2v) is 5.01. The van der Waals surface area contributed by atoms with Gasteiger partial charge in [-0.2, -0.15) is 0 Å². The number of pyridine rings is 1. The number of rotatable bonds is 4. The number of likely N-dealkylation sites (N-methyl/N-ethyl adjacent to an activating group) is 1. The van der Waals surface area contributed by atoms with E-state index in [2.05, 4.69) is 4.98 Å². The summed E-state index contributed by atoms with van der Waals surface area (Å²) in [5, 5.41) is 0. The first kappa shape index (κ1) is 14.1. The minimum atomic E-state index is -0.574. The summed E-state index contributed by atoms with van der Waals surface area (Å²) >= 11 is 0. The van der Waals surface area contributed by atoms with Crippen LogP contribution in [-0.4, -0.2) is 27.4 Å². The van der Waals surface area contributed by atoms with Crippen molar-refractivity contribution in [3.8, 4) is 0 Å². The monoisotopic (exact) mass is 297 g/mol. The van der Waals surface area contributed by atoms with E-state index in [1.807, 2.05) is 30.3 Å². The van der Waals surface area contributed by atoms with Crippen LogP contribution in [0.25, 0.3) is 11.2 Å². The number of fused-ring (bicyclic) bond motifs is 1. The van der Waals surface area contributed by atoms with E-state index >= 15 is 0 Å². The zero-order valence-corrected chi connectivity index (χ0v) is 12.1. The summed E-state index contributed by atoms with van der Waals surface area (Å²) in [6.07, 6.45) is 1.56. The van der Waals surface area contributed by atoms with Gasteiger partial charge < -0.3 is 9.32 Å². The minimum Gasteiger partial charge on any atom is -0.406 e. The zero-order valence-electron chi connectivity index (χ0n) is 12.1. The van der Waals surface area contributed by atoms with Crippen LogP contribution in [0.15, 0.2) is 57.9 Å². The second kappa shape index (κ2) is 5.85. The number of carbonyl (C=O) groups is 1. The van der Waals surface area contributed by atoms with Crippen LogP contribution in [0.2, 0.25) is 0 Å². The lowest BCUT2D eigenvalue weighted by atomic mass is 10.2. The Morgan fingerprint density at radius 1 is 1.23 bits per heavy atom. The fourth-order valence-electron chi connectivity index (χ4n) is 2.24. The number of oxazole rings is 1. The van der Waals surface area contributed by atoms with E-state index in [-0.39, 0.29) is 12.5 Å². The van der Waals surface area contributed by atoms with Gasteiger partial charge in [0.1, 0.15) is 6.54 Å². The highest BCUT2D eigenvalue weighted by Crippen LogP contribution is 2.09. The number of benzene rings is 1. The summed E-state index contributed by atoms with van der Waals surface area (Å²) in [5.74, 6) is -0.755. The molecule has 3 rings (SSSR count). The Kier molecular flexibility index (Phi) is 3.74. The SMILES string of the molecule is CN(Cc1ccccc1)C(=O)Cn1c(=O)oc2cccnc21. The van der Waals surface area contributed by atoms with Crippen LogP contribution in [-0.2, 0) is 17.9 Å². The molecule has 1 amide bonds. The van der Waals surface area contributed by atoms with E-state index in [0.29, 0.717) is 17.8 Å². The highest BCUT2D eigenvalue weighted by molar-refractivity contribution is 5.78. The average Bonchev–Trinajstić information content (AvgIpc) is 2.84. The fourth-order valence-corrected chi connectivity index (χ4v) is 2.24. The van der Waals surface area contributed by atoms with Crippen molar-refractivity contribution < 1.29 is 9.21 Å². The first-order valence-electron chi connectivity index (χ1n) is 6.87. The van der Waals surface area contributed by atoms with Gasteiger partial charge in [0.05, 0.1) is 0 Å². The maximum Gasteiger partial charge on any atom is 0.421 e. The normalized spacial score (nSPS) is 10.8. The molecule has 2 aromatic heterocycles. The lowest BCUT2D eigenvalue weighted by Crippen LogP contribution is -2.32. The van der Waals surface area contributed by atoms with Crippen molar-refractivity contribution in [2.24, 2.45) is 0 Å². The molecule has 0 radical (unpaired) electrons. The smallest absolute Gasteiger partial charge is 0.406 e. The number of nitrogens with zero attached hydrogens (tertiary/aromatic N) is 3. The first-order valence-corrected chi connectivity index (χ1v) is 6.87. The van der Waals surface area contributed by atoms with Crippen molar-refractivity contribution in [2.75, 3.05) is 7.05 Å². The van der Waals surface area contributed by atoms with Crippen LogP contribution >= 0.6 is 0 Å². The highest BCUT2D eigenvalue weighted by atomic mass is 16.4. The van der Waals surface area contributed by atoms with Crippen molar-refractivity contribution in [3.05, 3.63) is 64.8 Å². The van der Waals surface area contributed by atoms with Gasteiger partial charge in [0.2, 0.25) is 5.91 Å². The lowest BCUT2D eigenvalue weighted by molar-refractivity contribution is -0.131. The van der Waals surface area contributed by atoms with Crippen molar-refractivity contribution in [2.45, 2.75) is 13.1 Å². The predicted octanol–water partition coefficient (Wildman–Crippen LogP) is 1.65. The molecule has 0 saturated heterocycles. The van der Waals surface area contributed by atoms with Crippen molar-refractivity contribution in [1.82, 2.24) is 14.5 Å². The van der Waals surface area contributed by atoms with Crippen LogP contribution in [0.3, 0.4) is 0 Å². The molecule has 0 spiro atoms. The summed E-state index contributed by atoms with van der Waals surface area (Å²) in [6.45, 7) is 0.393. The molecule has 0 unspecified atom stereocenters. The Morgan fingerprint density at radius 2 is 2.00 bits per heavy atom. The van der Waals surface area contributed by atoms with Crippen LogP contribution < -0.4 is 5.76 Å². The number of amides is 1. The van der Waals surface area contributed by atoms with Crippen molar-refractivity contribution >= 4 is 17.1 Å². The predicted molar refractivity (Wildman–Crippen MR) is 81.2 cm³/mol. The largest absolute Gasteiger partial charge is 0.421 e. The molecular weight excluding hydrogens is 282 g/mol. The third kappa shape index (κ3) is 2.76. The molecule has 112 valence electrons. The van der Waals surface area contributed by atoms with Gasteiger partial charge in [-0.1, -0.05) is 30.3 Å². The van der Waals surface area contributed by atoms with Gasteiger partial charge in [0.25, 0.3) is 0 Å². The van der Waals surface area contributed by atoms with Gasteiger partial charge in [-0.3, -0.25) is 4.79 Å². The summed E-state index contributed by atoms with van der Waals surface area (Å²) in [7, 11) is 1.70. The van der Waals surface area contributed by atoms with E-state index in [0.717, 1.165) is 5.56 Å². The molecule has 22 heavy (non-hydrogen) atoms. The Balaban J connectivity index is 1.78. The summed E-state index contributed by atoms with van der Waals surface area (Å²) < 4.78 is 6.32. The molecule has 0 aliphatic carbocycles. The molecule has 1 aromatic carbocycles. The van der Waals surface area contributed by atoms with Gasteiger partial charge in [0.15, 0.2) is 11.2 Å². The van der Waals surface area contributed by atoms with E-state index in [9.17, 15) is 9.59 Å². The maximum atomic E-state index is 12.3. The molecule has 6 nitrogen and oxygen atoms in total. The number of carbonyl (C=O) groups excluding carboxylic acids is 1. The number of aromatic nitrogens is 2. The summed E-state index contributed by atoms with van der Waals surface area (Å²) in [5.41, 5.74) is 1.79. The minimum absolute atomic E-state index is 0.0911. The standard InChI is InChI=1S/C16H15N3O3/c1-18(10-12-6-3-2-4-7-12)14(20)11-19-15-13(22-16(19)21)8-5-9-17-15/h2-9H,10-11H2,1H3. The molecule has 0 saturated carbocycles. The molecule has 0 bridgehead atoms. The number of hydrogen-bond donors (Lipinski definition) is 0. The van der Waals surface area contributed by atoms with Crippen LogP contribution in [0, 0.1) is 0 Å². The summed E-state index contributed by atoms with van der Waals surface area (Å²) in [6, 6.07) is 13.0. The van der Waals surface area contributed by atoms with Crippen molar-refractivity contribution in [3.63, 3.8) is 0 Å². The Labute approximate surface area is 126 Å². The Hall–Kier alpha value is -2.89. The maximum absolute atomic E-state index is 12.3. The topological polar surface area (TPSA) is 68.3 Å². The van der Waals surface area contributed by atoms with Crippen LogP contribution in [0.5, 0.6) is 0 Å². The highest BCUT2D eigenvalue weighted by Gasteiger charge is 2.16. The van der Waals surface area contributed by atoms with Gasteiger partial charge >= 0.3 is 5.76 Å². The molecule has 0 aliphatic heterocycles. The molecule has 0 atom stereocenters. The van der Waals surface area contributed by atoms with E-state index in [4.69, 9.17) is 4.42 Å². The third-order valence-electron chi connectivity index (χ3n) is 3.41. The summed E-state index contributed by atoms with van der Waals surface area (Å²) in [4.78, 5) is 29.8. The molecular formula is C16H15N3O3. The quantitative estimate of drug-likeness (QED) is 0.734. The van der Waals surface area contributed by atoms with Crippen LogP contribution in [0.1, 0.15) is 5.56 Å². The Bertz CT molecular complexity index is 852. The van der Waals surface area contributed by atoms with E-state index < -0.39 is 5.76 Å². The molecule has 0 aliphatic rings. The van der Waals surface area contributed by atoms with Gasteiger partial charge in [0, 0.05) is 19.8 Å². The van der Waals surface area contributed by atoms with Gasteiger partial charge in [-0.05, 0) is 17.7 Å². The van der Waals surface area contributed by atoms with E-state index in [1.54, 1.807) is 30.3 Å². The molecule has 3 aromatic rings. The number of hydrogen-bond acceptors (Lipinski definition) is 4. The third-order valence-corrected chi connectivity index (χ3v) is 3.41. The van der Waals surface area contributed by atoms with Crippen LogP contribution in [0.4, 0.5) is 0 Å². The van der Waals surface area contributed by atoms with Gasteiger partial charge in [-0.25, -0.2) is 14.3 Å². The van der Waals surface area contributed by atoms with E-state index in [1.165, 1.54) is 4.57 Å². The molecule has 0 fully saturated rings. The first-order chi connectivity index (χ1) is 10.6. The fraction of sp³-hybridized carbons (Fsp3) is 0.188. The zero-order chi connectivity index (χ0) is 15.5.